The van der Waals surface area contributed by atoms with Gasteiger partial charge in [-0.25, -0.2) is 4.79 Å². The molecule has 1 fully saturated rings. The van der Waals surface area contributed by atoms with Crippen LogP contribution >= 0.6 is 0 Å². The molecular weight excluding hydrogens is 516 g/mol. The molecule has 5 unspecified atom stereocenters. The number of hydrogen-bond donors (Lipinski definition) is 0. The summed E-state index contributed by atoms with van der Waals surface area (Å²) in [7, 11) is 0. The van der Waals surface area contributed by atoms with E-state index in [0.29, 0.717) is 17.6 Å². The Hall–Kier alpha value is -3.93. The number of fused-ring (bicyclic) bond motifs is 3. The third kappa shape index (κ3) is 6.56. The number of benzene rings is 1. The molecule has 4 rings (SSSR count). The van der Waals surface area contributed by atoms with Gasteiger partial charge >= 0.3 is 29.5 Å². The third-order valence-electron chi connectivity index (χ3n) is 6.40. The topological polar surface area (TPSA) is 154 Å². The van der Waals surface area contributed by atoms with Crippen molar-refractivity contribution in [3.63, 3.8) is 0 Å². The molecule has 1 saturated heterocycles. The first-order valence-electron chi connectivity index (χ1n) is 12.6. The maximum atomic E-state index is 12.6. The maximum Gasteiger partial charge on any atom is 0.339 e. The van der Waals surface area contributed by atoms with Gasteiger partial charge in [-0.2, -0.15) is 0 Å². The minimum absolute atomic E-state index is 0.197. The van der Waals surface area contributed by atoms with Crippen molar-refractivity contribution in [1.82, 2.24) is 0 Å². The molecule has 1 aliphatic heterocycles. The molecule has 2 heterocycles. The lowest BCUT2D eigenvalue weighted by Crippen LogP contribution is -2.63. The molecule has 1 aliphatic carbocycles. The van der Waals surface area contributed by atoms with Crippen LogP contribution < -0.4 is 10.4 Å². The molecule has 2 aliphatic rings. The van der Waals surface area contributed by atoms with E-state index in [0.717, 1.165) is 51.0 Å². The molecule has 0 bridgehead atoms. The number of carbonyl (C=O) groups excluding carboxylic acids is 4. The van der Waals surface area contributed by atoms with Crippen LogP contribution in [-0.2, 0) is 55.7 Å². The first-order chi connectivity index (χ1) is 18.5. The summed E-state index contributed by atoms with van der Waals surface area (Å²) in [6.45, 7) is 4.22. The molecule has 210 valence electrons. The van der Waals surface area contributed by atoms with Gasteiger partial charge in [-0.3, -0.25) is 19.2 Å². The second-order valence-electron chi connectivity index (χ2n) is 9.40. The van der Waals surface area contributed by atoms with Gasteiger partial charge in [0.15, 0.2) is 12.2 Å². The van der Waals surface area contributed by atoms with Gasteiger partial charge in [0.05, 0.1) is 0 Å². The number of hydrogen-bond acceptors (Lipinski definition) is 12. The molecule has 1 aromatic heterocycles. The first-order valence-corrected chi connectivity index (χ1v) is 12.6. The van der Waals surface area contributed by atoms with E-state index in [9.17, 15) is 24.0 Å². The van der Waals surface area contributed by atoms with E-state index in [1.54, 1.807) is 12.1 Å². The Kier molecular flexibility index (Phi) is 8.54. The van der Waals surface area contributed by atoms with E-state index in [-0.39, 0.29) is 12.4 Å². The summed E-state index contributed by atoms with van der Waals surface area (Å²) in [5.41, 5.74) is 1.54. The molecule has 1 aromatic carbocycles. The lowest BCUT2D eigenvalue weighted by atomic mass is 9.91. The van der Waals surface area contributed by atoms with Gasteiger partial charge in [0.25, 0.3) is 0 Å². The molecule has 2 aromatic rings. The van der Waals surface area contributed by atoms with E-state index >= 15 is 0 Å². The third-order valence-corrected chi connectivity index (χ3v) is 6.40. The number of carbonyl (C=O) groups is 4. The molecule has 12 nitrogen and oxygen atoms in total. The number of ether oxygens (including phenoxy) is 6. The Balaban J connectivity index is 1.71. The van der Waals surface area contributed by atoms with Gasteiger partial charge < -0.3 is 32.8 Å². The average Bonchev–Trinajstić information content (AvgIpc) is 2.85. The summed E-state index contributed by atoms with van der Waals surface area (Å²) in [6.07, 6.45) is -3.26. The van der Waals surface area contributed by atoms with Gasteiger partial charge in [-0.15, -0.1) is 0 Å². The normalized spacial score (nSPS) is 24.3. The Morgan fingerprint density at radius 2 is 1.44 bits per heavy atom. The summed E-state index contributed by atoms with van der Waals surface area (Å²) in [6, 6.07) is 4.92. The SMILES string of the molecule is CC(=O)OCC1OC(Oc2ccc3c4c(c(=O)oc3c2)CCCC4)C(OC(C)=O)C(OC(C)=O)C1OC(C)=O. The van der Waals surface area contributed by atoms with Crippen LogP contribution in [0.3, 0.4) is 0 Å². The smallest absolute Gasteiger partial charge is 0.339 e. The Morgan fingerprint density at radius 1 is 0.821 bits per heavy atom. The van der Waals surface area contributed by atoms with E-state index in [2.05, 4.69) is 0 Å². The molecule has 0 spiro atoms. The maximum absolute atomic E-state index is 12.6. The summed E-state index contributed by atoms with van der Waals surface area (Å²) >= 11 is 0. The van der Waals surface area contributed by atoms with Gasteiger partial charge in [0.1, 0.15) is 24.0 Å². The minimum atomic E-state index is -1.40. The van der Waals surface area contributed by atoms with E-state index in [1.807, 2.05) is 0 Å². The Labute approximate surface area is 223 Å². The fraction of sp³-hybridized carbons (Fsp3) is 0.519. The predicted octanol–water partition coefficient (Wildman–Crippen LogP) is 2.13. The lowest BCUT2D eigenvalue weighted by molar-refractivity contribution is -0.288. The van der Waals surface area contributed by atoms with E-state index in [4.69, 9.17) is 32.8 Å². The highest BCUT2D eigenvalue weighted by Gasteiger charge is 2.53. The van der Waals surface area contributed by atoms with Crippen molar-refractivity contribution in [2.24, 2.45) is 0 Å². The fourth-order valence-corrected chi connectivity index (χ4v) is 4.92. The molecule has 12 heteroatoms. The zero-order chi connectivity index (χ0) is 28.3. The van der Waals surface area contributed by atoms with Crippen LogP contribution in [0.2, 0.25) is 0 Å². The van der Waals surface area contributed by atoms with Gasteiger partial charge in [-0.1, -0.05) is 0 Å². The molecule has 0 saturated carbocycles. The summed E-state index contributed by atoms with van der Waals surface area (Å²) in [5, 5.41) is 0.790. The van der Waals surface area contributed by atoms with Crippen LogP contribution in [0.1, 0.15) is 51.7 Å². The number of aryl methyl sites for hydroxylation is 1. The van der Waals surface area contributed by atoms with Crippen LogP contribution in [0.4, 0.5) is 0 Å². The zero-order valence-electron chi connectivity index (χ0n) is 22.1. The minimum Gasteiger partial charge on any atom is -0.463 e. The van der Waals surface area contributed by atoms with Gasteiger partial charge in [0, 0.05) is 44.7 Å². The molecule has 5 atom stereocenters. The summed E-state index contributed by atoms with van der Waals surface area (Å²) < 4.78 is 38.8. The van der Waals surface area contributed by atoms with Crippen molar-refractivity contribution < 1.29 is 52.0 Å². The highest BCUT2D eigenvalue weighted by atomic mass is 16.7. The van der Waals surface area contributed by atoms with Crippen LogP contribution in [0.15, 0.2) is 27.4 Å². The highest BCUT2D eigenvalue weighted by molar-refractivity contribution is 5.82. The summed E-state index contributed by atoms with van der Waals surface area (Å²) in [5.74, 6) is -2.66. The lowest BCUT2D eigenvalue weighted by Gasteiger charge is -2.43. The first kappa shape index (κ1) is 28.1. The second kappa shape index (κ2) is 11.9. The zero-order valence-corrected chi connectivity index (χ0v) is 22.1. The van der Waals surface area contributed by atoms with Crippen LogP contribution in [0.5, 0.6) is 5.75 Å². The van der Waals surface area contributed by atoms with Crippen molar-refractivity contribution in [1.29, 1.82) is 0 Å². The van der Waals surface area contributed by atoms with Gasteiger partial charge in [-0.05, 0) is 43.4 Å². The Morgan fingerprint density at radius 3 is 2.08 bits per heavy atom. The predicted molar refractivity (Wildman–Crippen MR) is 132 cm³/mol. The number of esters is 4. The number of rotatable bonds is 7. The van der Waals surface area contributed by atoms with Crippen LogP contribution in [0.25, 0.3) is 11.0 Å². The fourth-order valence-electron chi connectivity index (χ4n) is 4.92. The quantitative estimate of drug-likeness (QED) is 0.284. The van der Waals surface area contributed by atoms with Crippen molar-refractivity contribution in [3.05, 3.63) is 39.7 Å². The highest BCUT2D eigenvalue weighted by Crippen LogP contribution is 2.33. The van der Waals surface area contributed by atoms with Gasteiger partial charge in [0.2, 0.25) is 12.4 Å². The molecule has 0 radical (unpaired) electrons. The Bertz CT molecular complexity index is 1330. The van der Waals surface area contributed by atoms with E-state index < -0.39 is 60.2 Å². The second-order valence-corrected chi connectivity index (χ2v) is 9.40. The van der Waals surface area contributed by atoms with Crippen molar-refractivity contribution in [3.8, 4) is 5.75 Å². The largest absolute Gasteiger partial charge is 0.463 e. The summed E-state index contributed by atoms with van der Waals surface area (Å²) in [4.78, 5) is 60.0. The molecule has 39 heavy (non-hydrogen) atoms. The van der Waals surface area contributed by atoms with Crippen LogP contribution in [-0.4, -0.2) is 61.2 Å². The molecule has 0 amide bonds. The van der Waals surface area contributed by atoms with Crippen molar-refractivity contribution >= 4 is 34.8 Å². The van der Waals surface area contributed by atoms with Crippen molar-refractivity contribution in [2.75, 3.05) is 6.61 Å². The standard InChI is InChI=1S/C27H30O12/c1-13(28)33-12-22-23(34-14(2)29)24(35-15(3)30)25(36-16(4)31)27(39-22)37-17-9-10-19-18-7-5-6-8-20(18)26(32)38-21(19)11-17/h9-11,22-25,27H,5-8,12H2,1-4H3. The van der Waals surface area contributed by atoms with Crippen LogP contribution in [0, 0.1) is 0 Å². The van der Waals surface area contributed by atoms with E-state index in [1.165, 1.54) is 13.0 Å². The monoisotopic (exact) mass is 546 g/mol. The van der Waals surface area contributed by atoms with Crippen molar-refractivity contribution in [2.45, 2.75) is 84.1 Å². The molecular formula is C27H30O12. The molecule has 0 N–H and O–H groups in total. The average molecular weight is 547 g/mol.